The highest BCUT2D eigenvalue weighted by atomic mass is 32.1. The molecule has 1 unspecified atom stereocenters. The van der Waals surface area contributed by atoms with Crippen LogP contribution in [0.1, 0.15) is 47.0 Å². The summed E-state index contributed by atoms with van der Waals surface area (Å²) in [6, 6.07) is 10.4. The van der Waals surface area contributed by atoms with E-state index < -0.39 is 0 Å². The van der Waals surface area contributed by atoms with E-state index in [1.165, 1.54) is 5.56 Å². The Morgan fingerprint density at radius 3 is 2.61 bits per heavy atom. The molecule has 0 saturated heterocycles. The Labute approximate surface area is 139 Å². The largest absolute Gasteiger partial charge is 0.361 e. The third kappa shape index (κ3) is 3.59. The summed E-state index contributed by atoms with van der Waals surface area (Å²) in [7, 11) is 0. The lowest BCUT2D eigenvalue weighted by atomic mass is 10.0. The molecule has 0 radical (unpaired) electrons. The van der Waals surface area contributed by atoms with Gasteiger partial charge in [0, 0.05) is 12.0 Å². The first-order valence-corrected chi connectivity index (χ1v) is 8.54. The molecule has 23 heavy (non-hydrogen) atoms. The number of anilines is 1. The Hall–Kier alpha value is -2.21. The van der Waals surface area contributed by atoms with Crippen molar-refractivity contribution in [2.45, 2.75) is 39.7 Å². The smallest absolute Gasteiger partial charge is 0.206 e. The van der Waals surface area contributed by atoms with Crippen molar-refractivity contribution in [3.63, 3.8) is 0 Å². The van der Waals surface area contributed by atoms with Crippen LogP contribution in [0, 0.1) is 13.8 Å². The van der Waals surface area contributed by atoms with Gasteiger partial charge in [0.2, 0.25) is 5.13 Å². The lowest BCUT2D eigenvalue weighted by Crippen LogP contribution is -2.11. The van der Waals surface area contributed by atoms with E-state index in [9.17, 15) is 0 Å². The highest BCUT2D eigenvalue weighted by molar-refractivity contribution is 7.15. The second kappa shape index (κ2) is 6.91. The first-order valence-electron chi connectivity index (χ1n) is 7.73. The van der Waals surface area contributed by atoms with Crippen molar-refractivity contribution in [1.29, 1.82) is 0 Å². The lowest BCUT2D eigenvalue weighted by Gasteiger charge is -2.15. The molecule has 120 valence electrons. The van der Waals surface area contributed by atoms with E-state index in [-0.39, 0.29) is 6.04 Å². The van der Waals surface area contributed by atoms with Crippen molar-refractivity contribution in [2.75, 3.05) is 5.32 Å². The predicted molar refractivity (Wildman–Crippen MR) is 91.8 cm³/mol. The molecule has 2 aromatic heterocycles. The van der Waals surface area contributed by atoms with Gasteiger partial charge < -0.3 is 9.84 Å². The number of benzene rings is 1. The molecule has 2 heterocycles. The molecule has 0 aliphatic heterocycles. The van der Waals surface area contributed by atoms with Crippen LogP contribution in [-0.4, -0.2) is 15.4 Å². The Morgan fingerprint density at radius 2 is 1.96 bits per heavy atom. The van der Waals surface area contributed by atoms with Gasteiger partial charge in [-0.2, -0.15) is 0 Å². The van der Waals surface area contributed by atoms with Crippen LogP contribution in [-0.2, 0) is 6.42 Å². The summed E-state index contributed by atoms with van der Waals surface area (Å²) in [6.45, 7) is 6.05. The Kier molecular flexibility index (Phi) is 4.71. The van der Waals surface area contributed by atoms with Gasteiger partial charge in [0.25, 0.3) is 0 Å². The summed E-state index contributed by atoms with van der Waals surface area (Å²) in [6.07, 6.45) is 1.73. The van der Waals surface area contributed by atoms with Gasteiger partial charge in [0.1, 0.15) is 10.8 Å². The minimum Gasteiger partial charge on any atom is -0.361 e. The van der Waals surface area contributed by atoms with Crippen molar-refractivity contribution in [1.82, 2.24) is 15.4 Å². The monoisotopic (exact) mass is 328 g/mol. The fourth-order valence-corrected chi connectivity index (χ4v) is 3.50. The summed E-state index contributed by atoms with van der Waals surface area (Å²) < 4.78 is 5.28. The normalized spacial score (nSPS) is 12.3. The molecule has 0 aliphatic rings. The van der Waals surface area contributed by atoms with Gasteiger partial charge in [0.05, 0.1) is 11.7 Å². The summed E-state index contributed by atoms with van der Waals surface area (Å²) in [5.41, 5.74) is 3.29. The van der Waals surface area contributed by atoms with Crippen LogP contribution in [0.2, 0.25) is 0 Å². The molecule has 0 amide bonds. The molecule has 0 saturated carbocycles. The fourth-order valence-electron chi connectivity index (χ4n) is 2.67. The Morgan fingerprint density at radius 1 is 1.17 bits per heavy atom. The SMILES string of the molecule is CCC(Nc1nnc(Cc2ccccc2)s1)c1c(C)noc1C. The average molecular weight is 328 g/mol. The number of nitrogens with one attached hydrogen (secondary N) is 1. The topological polar surface area (TPSA) is 63.8 Å². The van der Waals surface area contributed by atoms with Crippen molar-refractivity contribution in [3.8, 4) is 0 Å². The van der Waals surface area contributed by atoms with E-state index in [1.807, 2.05) is 32.0 Å². The molecule has 6 heteroatoms. The van der Waals surface area contributed by atoms with Gasteiger partial charge in [-0.1, -0.05) is 53.7 Å². The third-order valence-corrected chi connectivity index (χ3v) is 4.66. The number of rotatable bonds is 6. The van der Waals surface area contributed by atoms with Gasteiger partial charge in [0.15, 0.2) is 0 Å². The highest BCUT2D eigenvalue weighted by Gasteiger charge is 2.20. The third-order valence-electron chi connectivity index (χ3n) is 3.81. The second-order valence-electron chi connectivity index (χ2n) is 5.51. The van der Waals surface area contributed by atoms with E-state index >= 15 is 0 Å². The van der Waals surface area contributed by atoms with Gasteiger partial charge in [-0.25, -0.2) is 0 Å². The highest BCUT2D eigenvalue weighted by Crippen LogP contribution is 2.29. The molecule has 0 aliphatic carbocycles. The van der Waals surface area contributed by atoms with Gasteiger partial charge in [-0.15, -0.1) is 10.2 Å². The molecule has 3 rings (SSSR count). The summed E-state index contributed by atoms with van der Waals surface area (Å²) >= 11 is 1.60. The fraction of sp³-hybridized carbons (Fsp3) is 0.353. The van der Waals surface area contributed by atoms with E-state index in [0.29, 0.717) is 0 Å². The molecular formula is C17H20N4OS. The van der Waals surface area contributed by atoms with Crippen molar-refractivity contribution in [3.05, 3.63) is 57.9 Å². The Bertz CT molecular complexity index is 747. The van der Waals surface area contributed by atoms with E-state index in [4.69, 9.17) is 4.52 Å². The van der Waals surface area contributed by atoms with Gasteiger partial charge in [-0.3, -0.25) is 0 Å². The van der Waals surface area contributed by atoms with Crippen LogP contribution in [0.15, 0.2) is 34.9 Å². The number of aryl methyl sites for hydroxylation is 2. The minimum atomic E-state index is 0.138. The van der Waals surface area contributed by atoms with Crippen molar-refractivity contribution < 1.29 is 4.52 Å². The molecule has 1 aromatic carbocycles. The zero-order valence-electron chi connectivity index (χ0n) is 13.5. The van der Waals surface area contributed by atoms with E-state index in [1.54, 1.807) is 11.3 Å². The first-order chi connectivity index (χ1) is 11.2. The lowest BCUT2D eigenvalue weighted by molar-refractivity contribution is 0.391. The van der Waals surface area contributed by atoms with Crippen LogP contribution >= 0.6 is 11.3 Å². The van der Waals surface area contributed by atoms with Crippen molar-refractivity contribution >= 4 is 16.5 Å². The Balaban J connectivity index is 1.73. The number of hydrogen-bond acceptors (Lipinski definition) is 6. The molecule has 1 atom stereocenters. The predicted octanol–water partition coefficient (Wildman–Crippen LogP) is 4.30. The second-order valence-corrected chi connectivity index (χ2v) is 6.57. The maximum Gasteiger partial charge on any atom is 0.206 e. The zero-order chi connectivity index (χ0) is 16.2. The molecule has 0 fully saturated rings. The maximum absolute atomic E-state index is 5.28. The number of aromatic nitrogens is 3. The summed E-state index contributed by atoms with van der Waals surface area (Å²) in [5, 5.41) is 17.9. The summed E-state index contributed by atoms with van der Waals surface area (Å²) in [4.78, 5) is 0. The average Bonchev–Trinajstić information content (AvgIpc) is 3.13. The van der Waals surface area contributed by atoms with Crippen molar-refractivity contribution in [2.24, 2.45) is 0 Å². The quantitative estimate of drug-likeness (QED) is 0.731. The standard InChI is InChI=1S/C17H20N4OS/c1-4-14(16-11(2)21-22-12(16)3)18-17-20-19-15(23-17)10-13-8-6-5-7-9-13/h5-9,14H,4,10H2,1-3H3,(H,18,20). The molecule has 3 aromatic rings. The minimum absolute atomic E-state index is 0.138. The van der Waals surface area contributed by atoms with Crippen LogP contribution in [0.3, 0.4) is 0 Å². The molecule has 0 spiro atoms. The van der Waals surface area contributed by atoms with Gasteiger partial charge >= 0.3 is 0 Å². The number of nitrogens with zero attached hydrogens (tertiary/aromatic N) is 3. The van der Waals surface area contributed by atoms with Crippen LogP contribution < -0.4 is 5.32 Å². The summed E-state index contributed by atoms with van der Waals surface area (Å²) in [5.74, 6) is 0.857. The number of hydrogen-bond donors (Lipinski definition) is 1. The maximum atomic E-state index is 5.28. The van der Waals surface area contributed by atoms with E-state index in [0.717, 1.165) is 40.0 Å². The van der Waals surface area contributed by atoms with Crippen LogP contribution in [0.4, 0.5) is 5.13 Å². The van der Waals surface area contributed by atoms with Gasteiger partial charge in [-0.05, 0) is 25.8 Å². The molecule has 1 N–H and O–H groups in total. The molecular weight excluding hydrogens is 308 g/mol. The zero-order valence-corrected chi connectivity index (χ0v) is 14.4. The van der Waals surface area contributed by atoms with Crippen LogP contribution in [0.25, 0.3) is 0 Å². The van der Waals surface area contributed by atoms with Crippen LogP contribution in [0.5, 0.6) is 0 Å². The van der Waals surface area contributed by atoms with E-state index in [2.05, 4.69) is 39.7 Å². The first kappa shape index (κ1) is 15.7. The molecule has 5 nitrogen and oxygen atoms in total. The molecule has 0 bridgehead atoms.